The number of hydrogen-bond donors (Lipinski definition) is 3. The molecule has 0 unspecified atom stereocenters. The molecule has 0 radical (unpaired) electrons. The van der Waals surface area contributed by atoms with Crippen molar-refractivity contribution in [1.29, 1.82) is 0 Å². The smallest absolute Gasteiger partial charge is 0.227 e. The Morgan fingerprint density at radius 3 is 2.67 bits per heavy atom. The Balaban J connectivity index is 1.75. The molecule has 0 atom stereocenters. The summed E-state index contributed by atoms with van der Waals surface area (Å²) in [7, 11) is 0. The summed E-state index contributed by atoms with van der Waals surface area (Å²) >= 11 is 0. The molecule has 3 rings (SSSR count). The molecule has 0 aromatic carbocycles. The largest absolute Gasteiger partial charge is 0.365 e. The highest BCUT2D eigenvalue weighted by molar-refractivity contribution is 5.45. The topological polar surface area (TPSA) is 65.1 Å². The molecular formula is C12H20N6. The van der Waals surface area contributed by atoms with Crippen LogP contribution in [0.4, 0.5) is 11.8 Å². The number of anilines is 2. The van der Waals surface area contributed by atoms with Gasteiger partial charge in [-0.2, -0.15) is 4.98 Å². The van der Waals surface area contributed by atoms with Crippen LogP contribution >= 0.6 is 0 Å². The summed E-state index contributed by atoms with van der Waals surface area (Å²) in [6.07, 6.45) is 0. The maximum absolute atomic E-state index is 4.63. The second-order valence-corrected chi connectivity index (χ2v) is 4.93. The first-order valence-electron chi connectivity index (χ1n) is 6.60. The van der Waals surface area contributed by atoms with E-state index >= 15 is 0 Å². The van der Waals surface area contributed by atoms with Gasteiger partial charge >= 0.3 is 0 Å². The minimum atomic E-state index is 0.509. The van der Waals surface area contributed by atoms with Gasteiger partial charge in [-0.25, -0.2) is 4.98 Å². The van der Waals surface area contributed by atoms with Gasteiger partial charge in [0.1, 0.15) is 5.82 Å². The van der Waals surface area contributed by atoms with E-state index in [2.05, 4.69) is 30.8 Å². The fourth-order valence-corrected chi connectivity index (χ4v) is 2.23. The normalized spacial score (nSPS) is 20.6. The van der Waals surface area contributed by atoms with E-state index in [1.54, 1.807) is 0 Å². The van der Waals surface area contributed by atoms with Gasteiger partial charge in [0, 0.05) is 51.0 Å². The Labute approximate surface area is 107 Å². The lowest BCUT2D eigenvalue weighted by molar-refractivity contribution is 0.471. The summed E-state index contributed by atoms with van der Waals surface area (Å²) in [6.45, 7) is 8.04. The molecule has 1 aromatic rings. The highest BCUT2D eigenvalue weighted by Gasteiger charge is 2.18. The van der Waals surface area contributed by atoms with E-state index in [0.29, 0.717) is 6.04 Å². The van der Waals surface area contributed by atoms with Gasteiger partial charge in [0.05, 0.1) is 6.04 Å². The van der Waals surface area contributed by atoms with Gasteiger partial charge in [0.2, 0.25) is 5.95 Å². The first-order valence-corrected chi connectivity index (χ1v) is 6.60. The third-order valence-corrected chi connectivity index (χ3v) is 3.38. The summed E-state index contributed by atoms with van der Waals surface area (Å²) in [5.74, 6) is 1.80. The zero-order valence-corrected chi connectivity index (χ0v) is 10.7. The number of piperazine rings is 1. The minimum absolute atomic E-state index is 0.509. The van der Waals surface area contributed by atoms with Crippen LogP contribution in [-0.2, 0) is 0 Å². The number of rotatable bonds is 3. The molecule has 0 saturated carbocycles. The summed E-state index contributed by atoms with van der Waals surface area (Å²) in [4.78, 5) is 11.4. The number of hydrogen-bond acceptors (Lipinski definition) is 6. The van der Waals surface area contributed by atoms with Crippen molar-refractivity contribution in [2.24, 2.45) is 0 Å². The third-order valence-electron chi connectivity index (χ3n) is 3.38. The molecule has 0 spiro atoms. The van der Waals surface area contributed by atoms with E-state index in [4.69, 9.17) is 0 Å². The van der Waals surface area contributed by atoms with E-state index in [1.165, 1.54) is 0 Å². The van der Waals surface area contributed by atoms with Gasteiger partial charge in [-0.15, -0.1) is 0 Å². The predicted molar refractivity (Wildman–Crippen MR) is 72.1 cm³/mol. The van der Waals surface area contributed by atoms with Crippen LogP contribution in [0.5, 0.6) is 0 Å². The maximum Gasteiger partial charge on any atom is 0.227 e. The fraction of sp³-hybridized carbons (Fsp3) is 0.667. The van der Waals surface area contributed by atoms with Crippen LogP contribution in [-0.4, -0.2) is 55.3 Å². The average Bonchev–Trinajstić information content (AvgIpc) is 2.34. The minimum Gasteiger partial charge on any atom is -0.365 e. The number of aryl methyl sites for hydroxylation is 1. The lowest BCUT2D eigenvalue weighted by Crippen LogP contribution is -2.51. The van der Waals surface area contributed by atoms with Gasteiger partial charge in [0.15, 0.2) is 0 Å². The SMILES string of the molecule is Cc1cc(NC2CNC2)nc(N2CCNCC2)n1. The van der Waals surface area contributed by atoms with Gasteiger partial charge < -0.3 is 20.9 Å². The summed E-state index contributed by atoms with van der Waals surface area (Å²) in [5, 5.41) is 10.0. The monoisotopic (exact) mass is 248 g/mol. The molecular weight excluding hydrogens is 228 g/mol. The highest BCUT2D eigenvalue weighted by Crippen LogP contribution is 2.15. The third kappa shape index (κ3) is 2.54. The Morgan fingerprint density at radius 2 is 2.00 bits per heavy atom. The van der Waals surface area contributed by atoms with Crippen molar-refractivity contribution in [1.82, 2.24) is 20.6 Å². The Hall–Kier alpha value is -1.40. The van der Waals surface area contributed by atoms with E-state index in [-0.39, 0.29) is 0 Å². The second-order valence-electron chi connectivity index (χ2n) is 4.93. The van der Waals surface area contributed by atoms with Crippen LogP contribution in [0.2, 0.25) is 0 Å². The molecule has 98 valence electrons. The van der Waals surface area contributed by atoms with E-state index in [1.807, 2.05) is 13.0 Å². The van der Waals surface area contributed by atoms with E-state index < -0.39 is 0 Å². The van der Waals surface area contributed by atoms with E-state index in [0.717, 1.165) is 56.7 Å². The quantitative estimate of drug-likeness (QED) is 0.675. The Bertz CT molecular complexity index is 411. The highest BCUT2D eigenvalue weighted by atomic mass is 15.3. The molecule has 1 aromatic heterocycles. The van der Waals surface area contributed by atoms with Crippen LogP contribution in [0.15, 0.2) is 6.07 Å². The molecule has 0 bridgehead atoms. The molecule has 6 nitrogen and oxygen atoms in total. The average molecular weight is 248 g/mol. The van der Waals surface area contributed by atoms with Crippen molar-refractivity contribution < 1.29 is 0 Å². The molecule has 3 N–H and O–H groups in total. The summed E-state index contributed by atoms with van der Waals surface area (Å²) in [5.41, 5.74) is 1.02. The van der Waals surface area contributed by atoms with Crippen LogP contribution in [0.25, 0.3) is 0 Å². The standard InChI is InChI=1S/C12H20N6/c1-9-6-11(16-10-7-14-8-10)17-12(15-9)18-4-2-13-3-5-18/h6,10,13-14H,2-5,7-8H2,1H3,(H,15,16,17). The van der Waals surface area contributed by atoms with Crippen molar-refractivity contribution in [3.63, 3.8) is 0 Å². The Kier molecular flexibility index (Phi) is 3.29. The van der Waals surface area contributed by atoms with Crippen LogP contribution in [0.1, 0.15) is 5.69 Å². The molecule has 2 aliphatic rings. The van der Waals surface area contributed by atoms with Gasteiger partial charge in [0.25, 0.3) is 0 Å². The van der Waals surface area contributed by atoms with Crippen molar-refractivity contribution in [3.8, 4) is 0 Å². The number of nitrogens with one attached hydrogen (secondary N) is 3. The molecule has 2 fully saturated rings. The summed E-state index contributed by atoms with van der Waals surface area (Å²) < 4.78 is 0. The Morgan fingerprint density at radius 1 is 1.22 bits per heavy atom. The molecule has 18 heavy (non-hydrogen) atoms. The molecule has 0 aliphatic carbocycles. The first kappa shape index (κ1) is 11.7. The van der Waals surface area contributed by atoms with Gasteiger partial charge in [-0.1, -0.05) is 0 Å². The zero-order chi connectivity index (χ0) is 12.4. The maximum atomic E-state index is 4.63. The first-order chi connectivity index (χ1) is 8.81. The van der Waals surface area contributed by atoms with Crippen molar-refractivity contribution in [2.45, 2.75) is 13.0 Å². The zero-order valence-electron chi connectivity index (χ0n) is 10.7. The fourth-order valence-electron chi connectivity index (χ4n) is 2.23. The molecule has 3 heterocycles. The van der Waals surface area contributed by atoms with Crippen molar-refractivity contribution >= 4 is 11.8 Å². The van der Waals surface area contributed by atoms with Crippen LogP contribution in [0.3, 0.4) is 0 Å². The second kappa shape index (κ2) is 5.07. The summed E-state index contributed by atoms with van der Waals surface area (Å²) in [6, 6.07) is 2.53. The van der Waals surface area contributed by atoms with E-state index in [9.17, 15) is 0 Å². The molecule has 6 heteroatoms. The van der Waals surface area contributed by atoms with Crippen LogP contribution in [0, 0.1) is 6.92 Å². The lowest BCUT2D eigenvalue weighted by Gasteiger charge is -2.30. The van der Waals surface area contributed by atoms with Gasteiger partial charge in [-0.3, -0.25) is 0 Å². The van der Waals surface area contributed by atoms with Crippen molar-refractivity contribution in [3.05, 3.63) is 11.8 Å². The van der Waals surface area contributed by atoms with Crippen LogP contribution < -0.4 is 20.9 Å². The van der Waals surface area contributed by atoms with Crippen molar-refractivity contribution in [2.75, 3.05) is 49.5 Å². The lowest BCUT2D eigenvalue weighted by atomic mass is 10.2. The number of aromatic nitrogens is 2. The van der Waals surface area contributed by atoms with Gasteiger partial charge in [-0.05, 0) is 6.92 Å². The molecule has 2 saturated heterocycles. The number of nitrogens with zero attached hydrogens (tertiary/aromatic N) is 3. The predicted octanol–water partition coefficient (Wildman–Crippen LogP) is -0.422. The molecule has 0 amide bonds. The molecule has 2 aliphatic heterocycles.